The number of anilines is 1. The summed E-state index contributed by atoms with van der Waals surface area (Å²) < 4.78 is 1.90. The molecule has 0 aromatic carbocycles. The number of aromatic nitrogens is 2. The van der Waals surface area contributed by atoms with Gasteiger partial charge in [-0.1, -0.05) is 0 Å². The minimum Gasteiger partial charge on any atom is -0.391 e. The van der Waals surface area contributed by atoms with Crippen molar-refractivity contribution in [3.8, 4) is 0 Å². The molecule has 1 aliphatic rings. The Hall–Kier alpha value is -0.680. The highest BCUT2D eigenvalue weighted by molar-refractivity contribution is 7.99. The maximum Gasteiger partial charge on any atom is 0.132 e. The number of aliphatic hydroxyl groups is 1. The molecule has 5 heteroatoms. The van der Waals surface area contributed by atoms with Gasteiger partial charge in [0.25, 0.3) is 0 Å². The lowest BCUT2D eigenvalue weighted by atomic mass is 10.2. The van der Waals surface area contributed by atoms with E-state index in [0.717, 1.165) is 35.1 Å². The van der Waals surface area contributed by atoms with Crippen molar-refractivity contribution in [1.29, 1.82) is 0 Å². The second-order valence-corrected chi connectivity index (χ2v) is 5.44. The van der Waals surface area contributed by atoms with Crippen LogP contribution in [-0.2, 0) is 13.7 Å². The van der Waals surface area contributed by atoms with Gasteiger partial charge in [0, 0.05) is 36.7 Å². The second-order valence-electron chi connectivity index (χ2n) is 4.29. The SMILES string of the molecule is Cc1nn(C)c(N2CCSCC2C)c1CO. The molecule has 1 aliphatic heterocycles. The van der Waals surface area contributed by atoms with Gasteiger partial charge in [0.1, 0.15) is 5.82 Å². The van der Waals surface area contributed by atoms with Gasteiger partial charge in [-0.15, -0.1) is 0 Å². The predicted molar refractivity (Wildman–Crippen MR) is 68.0 cm³/mol. The molecule has 0 radical (unpaired) electrons. The third kappa shape index (κ3) is 1.94. The van der Waals surface area contributed by atoms with Crippen LogP contribution < -0.4 is 4.90 Å². The van der Waals surface area contributed by atoms with Gasteiger partial charge in [0.05, 0.1) is 12.3 Å². The fraction of sp³-hybridized carbons (Fsp3) is 0.727. The number of hydrogen-bond acceptors (Lipinski definition) is 4. The molecule has 0 spiro atoms. The van der Waals surface area contributed by atoms with Crippen molar-refractivity contribution in [3.63, 3.8) is 0 Å². The van der Waals surface area contributed by atoms with Gasteiger partial charge < -0.3 is 10.0 Å². The van der Waals surface area contributed by atoms with Crippen LogP contribution in [0.15, 0.2) is 0 Å². The third-order valence-electron chi connectivity index (χ3n) is 3.11. The summed E-state index contributed by atoms with van der Waals surface area (Å²) in [6.45, 7) is 5.30. The maximum absolute atomic E-state index is 9.44. The van der Waals surface area contributed by atoms with E-state index in [0.29, 0.717) is 6.04 Å². The van der Waals surface area contributed by atoms with E-state index in [1.54, 1.807) is 0 Å². The molecule has 1 unspecified atom stereocenters. The first-order valence-electron chi connectivity index (χ1n) is 5.63. The van der Waals surface area contributed by atoms with Gasteiger partial charge in [0.15, 0.2) is 0 Å². The van der Waals surface area contributed by atoms with Gasteiger partial charge in [-0.25, -0.2) is 0 Å². The summed E-state index contributed by atoms with van der Waals surface area (Å²) in [5.41, 5.74) is 1.91. The molecule has 1 saturated heterocycles. The smallest absolute Gasteiger partial charge is 0.132 e. The Kier molecular flexibility index (Phi) is 3.44. The first-order valence-corrected chi connectivity index (χ1v) is 6.78. The van der Waals surface area contributed by atoms with Gasteiger partial charge in [-0.2, -0.15) is 16.9 Å². The number of thioether (sulfide) groups is 1. The molecule has 4 nitrogen and oxygen atoms in total. The van der Waals surface area contributed by atoms with Crippen molar-refractivity contribution in [2.75, 3.05) is 23.0 Å². The van der Waals surface area contributed by atoms with Crippen molar-refractivity contribution in [1.82, 2.24) is 9.78 Å². The largest absolute Gasteiger partial charge is 0.391 e. The standard InChI is InChI=1S/C11H19N3OS/c1-8-7-16-5-4-14(8)11-10(6-15)9(2)12-13(11)3/h8,15H,4-7H2,1-3H3. The molecule has 0 bridgehead atoms. The van der Waals surface area contributed by atoms with Crippen LogP contribution in [0.1, 0.15) is 18.2 Å². The molecule has 1 N–H and O–H groups in total. The molecule has 0 saturated carbocycles. The normalized spacial score (nSPS) is 21.5. The number of rotatable bonds is 2. The number of hydrogen-bond donors (Lipinski definition) is 1. The molecular weight excluding hydrogens is 222 g/mol. The van der Waals surface area contributed by atoms with Crippen LogP contribution in [0.4, 0.5) is 5.82 Å². The maximum atomic E-state index is 9.44. The monoisotopic (exact) mass is 241 g/mol. The van der Waals surface area contributed by atoms with E-state index < -0.39 is 0 Å². The molecular formula is C11H19N3OS. The molecule has 1 fully saturated rings. The lowest BCUT2D eigenvalue weighted by molar-refractivity contribution is 0.281. The molecule has 1 aromatic rings. The molecule has 0 aliphatic carbocycles. The molecule has 90 valence electrons. The first kappa shape index (κ1) is 11.8. The third-order valence-corrected chi connectivity index (χ3v) is 4.30. The van der Waals surface area contributed by atoms with E-state index >= 15 is 0 Å². The average Bonchev–Trinajstić information content (AvgIpc) is 2.54. The Morgan fingerprint density at radius 3 is 2.94 bits per heavy atom. The van der Waals surface area contributed by atoms with Crippen LogP contribution in [0, 0.1) is 6.92 Å². The molecule has 1 atom stereocenters. The van der Waals surface area contributed by atoms with Crippen molar-refractivity contribution >= 4 is 17.6 Å². The van der Waals surface area contributed by atoms with E-state index in [1.807, 2.05) is 30.4 Å². The number of nitrogens with zero attached hydrogens (tertiary/aromatic N) is 3. The van der Waals surface area contributed by atoms with E-state index in [2.05, 4.69) is 16.9 Å². The van der Waals surface area contributed by atoms with Gasteiger partial charge >= 0.3 is 0 Å². The van der Waals surface area contributed by atoms with Crippen LogP contribution in [-0.4, -0.2) is 39.0 Å². The van der Waals surface area contributed by atoms with Crippen molar-refractivity contribution in [2.24, 2.45) is 7.05 Å². The zero-order valence-electron chi connectivity index (χ0n) is 10.1. The van der Waals surface area contributed by atoms with Crippen LogP contribution >= 0.6 is 11.8 Å². The topological polar surface area (TPSA) is 41.3 Å². The Balaban J connectivity index is 2.37. The zero-order chi connectivity index (χ0) is 11.7. The summed E-state index contributed by atoms with van der Waals surface area (Å²) in [7, 11) is 1.95. The van der Waals surface area contributed by atoms with Gasteiger partial charge in [-0.3, -0.25) is 4.68 Å². The minimum absolute atomic E-state index is 0.0748. The fourth-order valence-electron chi connectivity index (χ4n) is 2.28. The highest BCUT2D eigenvalue weighted by Gasteiger charge is 2.25. The van der Waals surface area contributed by atoms with Crippen molar-refractivity contribution in [3.05, 3.63) is 11.3 Å². The van der Waals surface area contributed by atoms with Crippen LogP contribution in [0.2, 0.25) is 0 Å². The Bertz CT molecular complexity index is 378. The van der Waals surface area contributed by atoms with Gasteiger partial charge in [0.2, 0.25) is 0 Å². The highest BCUT2D eigenvalue weighted by Crippen LogP contribution is 2.28. The Labute approximate surface area is 101 Å². The lowest BCUT2D eigenvalue weighted by Gasteiger charge is -2.35. The lowest BCUT2D eigenvalue weighted by Crippen LogP contribution is -2.42. The second kappa shape index (κ2) is 4.67. The summed E-state index contributed by atoms with van der Waals surface area (Å²) in [4.78, 5) is 2.36. The predicted octanol–water partition coefficient (Wildman–Crippen LogP) is 1.16. The van der Waals surface area contributed by atoms with E-state index in [-0.39, 0.29) is 6.61 Å². The minimum atomic E-state index is 0.0748. The number of aryl methyl sites for hydroxylation is 2. The summed E-state index contributed by atoms with van der Waals surface area (Å²) in [5.74, 6) is 3.39. The molecule has 2 heterocycles. The summed E-state index contributed by atoms with van der Waals surface area (Å²) >= 11 is 1.99. The van der Waals surface area contributed by atoms with E-state index in [1.165, 1.54) is 0 Å². The number of aliphatic hydroxyl groups excluding tert-OH is 1. The molecule has 0 amide bonds. The molecule has 1 aromatic heterocycles. The highest BCUT2D eigenvalue weighted by atomic mass is 32.2. The summed E-state index contributed by atoms with van der Waals surface area (Å²) in [6.07, 6.45) is 0. The molecule has 16 heavy (non-hydrogen) atoms. The first-order chi connectivity index (χ1) is 7.65. The van der Waals surface area contributed by atoms with E-state index in [4.69, 9.17) is 0 Å². The Morgan fingerprint density at radius 2 is 2.31 bits per heavy atom. The quantitative estimate of drug-likeness (QED) is 0.843. The molecule has 2 rings (SSSR count). The van der Waals surface area contributed by atoms with Crippen LogP contribution in [0.25, 0.3) is 0 Å². The van der Waals surface area contributed by atoms with Crippen LogP contribution in [0.5, 0.6) is 0 Å². The summed E-state index contributed by atoms with van der Waals surface area (Å²) in [6, 6.07) is 0.513. The fourth-order valence-corrected chi connectivity index (χ4v) is 3.29. The van der Waals surface area contributed by atoms with E-state index in [9.17, 15) is 5.11 Å². The van der Waals surface area contributed by atoms with Crippen molar-refractivity contribution in [2.45, 2.75) is 26.5 Å². The Morgan fingerprint density at radius 1 is 1.56 bits per heavy atom. The van der Waals surface area contributed by atoms with Crippen molar-refractivity contribution < 1.29 is 5.11 Å². The van der Waals surface area contributed by atoms with Crippen LogP contribution in [0.3, 0.4) is 0 Å². The average molecular weight is 241 g/mol. The zero-order valence-corrected chi connectivity index (χ0v) is 10.9. The summed E-state index contributed by atoms with van der Waals surface area (Å²) in [5, 5.41) is 13.8. The van der Waals surface area contributed by atoms with Gasteiger partial charge in [-0.05, 0) is 13.8 Å².